The molecule has 1 unspecified atom stereocenters. The summed E-state index contributed by atoms with van der Waals surface area (Å²) in [5, 5.41) is 3.64. The number of sulfonamides is 1. The summed E-state index contributed by atoms with van der Waals surface area (Å²) < 4.78 is 40.3. The second kappa shape index (κ2) is 14.0. The Morgan fingerprint density at radius 3 is 2.51 bits per heavy atom. The molecule has 3 aromatic rings. The van der Waals surface area contributed by atoms with Gasteiger partial charge < -0.3 is 15.3 Å². The average molecular weight is 572 g/mol. The van der Waals surface area contributed by atoms with E-state index in [0.717, 1.165) is 16.7 Å². The van der Waals surface area contributed by atoms with Gasteiger partial charge in [-0.2, -0.15) is 5.10 Å². The van der Waals surface area contributed by atoms with E-state index in [2.05, 4.69) is 5.10 Å². The van der Waals surface area contributed by atoms with E-state index in [1.807, 2.05) is 37.3 Å². The van der Waals surface area contributed by atoms with E-state index in [1.165, 1.54) is 16.4 Å². The second-order valence-electron chi connectivity index (χ2n) is 9.05. The van der Waals surface area contributed by atoms with Crippen molar-refractivity contribution in [1.82, 2.24) is 0 Å². The van der Waals surface area contributed by atoms with Crippen LogP contribution in [0.25, 0.3) is 0 Å². The van der Waals surface area contributed by atoms with Crippen LogP contribution in [0.5, 0.6) is 5.75 Å². The number of hydrogen-bond donors (Lipinski definition) is 1. The van der Waals surface area contributed by atoms with Crippen molar-refractivity contribution in [2.45, 2.75) is 51.0 Å². The molecule has 208 valence electrons. The van der Waals surface area contributed by atoms with Crippen molar-refractivity contribution in [3.05, 3.63) is 88.4 Å². The molecule has 0 aliphatic heterocycles. The van der Waals surface area contributed by atoms with Crippen LogP contribution in [0.4, 0.5) is 5.69 Å². The normalized spacial score (nSPS) is 12.3. The summed E-state index contributed by atoms with van der Waals surface area (Å²) in [7, 11) is -4.08. The maximum absolute atomic E-state index is 13.9. The van der Waals surface area contributed by atoms with E-state index < -0.39 is 16.1 Å². The number of aryl methyl sites for hydroxylation is 1. The lowest BCUT2D eigenvalue weighted by Gasteiger charge is -2.31. The molecule has 3 rings (SSSR count). The monoisotopic (exact) mass is 571 g/mol. The van der Waals surface area contributed by atoms with Crippen LogP contribution in [0.3, 0.4) is 0 Å². The highest BCUT2D eigenvalue weighted by Gasteiger charge is 2.32. The van der Waals surface area contributed by atoms with Crippen LogP contribution in [-0.2, 0) is 26.0 Å². The van der Waals surface area contributed by atoms with Crippen molar-refractivity contribution in [1.29, 1.82) is 0 Å². The molecule has 0 spiro atoms. The lowest BCUT2D eigenvalue weighted by molar-refractivity contribution is -0.143. The summed E-state index contributed by atoms with van der Waals surface area (Å²) in [6.07, 6.45) is 2.57. The van der Waals surface area contributed by atoms with E-state index in [1.54, 1.807) is 44.3 Å². The minimum atomic E-state index is -4.08. The highest BCUT2D eigenvalue weighted by atomic mass is 35.5. The molecular formula is C29H34ClN3O5S. The van der Waals surface area contributed by atoms with E-state index in [9.17, 15) is 13.2 Å². The molecule has 0 aliphatic carbocycles. The first-order valence-corrected chi connectivity index (χ1v) is 14.5. The third-order valence-corrected chi connectivity index (χ3v) is 8.44. The van der Waals surface area contributed by atoms with Crippen molar-refractivity contribution in [2.75, 3.05) is 17.5 Å². The van der Waals surface area contributed by atoms with Crippen LogP contribution in [0.2, 0.25) is 5.02 Å². The van der Waals surface area contributed by atoms with E-state index in [4.69, 9.17) is 26.9 Å². The first-order valence-electron chi connectivity index (χ1n) is 12.7. The van der Waals surface area contributed by atoms with Gasteiger partial charge >= 0.3 is 5.97 Å². The molecular weight excluding hydrogens is 538 g/mol. The molecule has 0 amide bonds. The minimum absolute atomic E-state index is 0.0123. The molecule has 3 aromatic carbocycles. The summed E-state index contributed by atoms with van der Waals surface area (Å²) >= 11 is 6.31. The van der Waals surface area contributed by atoms with Gasteiger partial charge in [0, 0.05) is 24.9 Å². The van der Waals surface area contributed by atoms with Gasteiger partial charge in [-0.1, -0.05) is 48.0 Å². The zero-order chi connectivity index (χ0) is 28.4. The molecule has 2 N–H and O–H groups in total. The van der Waals surface area contributed by atoms with Gasteiger partial charge in [-0.05, 0) is 68.1 Å². The number of ether oxygens (including phenoxy) is 2. The number of hydrogen-bond acceptors (Lipinski definition) is 7. The fourth-order valence-corrected chi connectivity index (χ4v) is 6.32. The minimum Gasteiger partial charge on any atom is -0.493 e. The number of carbonyl (C=O) groups excluding carboxylic acids is 1. The molecule has 1 atom stereocenters. The van der Waals surface area contributed by atoms with Crippen molar-refractivity contribution in [2.24, 2.45) is 10.9 Å². The van der Waals surface area contributed by atoms with Gasteiger partial charge in [0.05, 0.1) is 30.1 Å². The van der Waals surface area contributed by atoms with Crippen LogP contribution >= 0.6 is 11.6 Å². The second-order valence-corrected chi connectivity index (χ2v) is 11.2. The number of carbonyl (C=O) groups is 1. The topological polar surface area (TPSA) is 111 Å². The smallest absolute Gasteiger partial charge is 0.305 e. The Balaban J connectivity index is 1.88. The molecule has 0 radical (unpaired) electrons. The Morgan fingerprint density at radius 2 is 1.85 bits per heavy atom. The predicted molar refractivity (Wildman–Crippen MR) is 155 cm³/mol. The average Bonchev–Trinajstić information content (AvgIpc) is 2.89. The van der Waals surface area contributed by atoms with Crippen molar-refractivity contribution in [3.63, 3.8) is 0 Å². The molecule has 0 fully saturated rings. The van der Waals surface area contributed by atoms with Crippen molar-refractivity contribution in [3.8, 4) is 5.75 Å². The first-order chi connectivity index (χ1) is 18.6. The Kier molecular flexibility index (Phi) is 10.8. The van der Waals surface area contributed by atoms with Gasteiger partial charge in [0.2, 0.25) is 0 Å². The van der Waals surface area contributed by atoms with Crippen LogP contribution in [-0.4, -0.2) is 39.9 Å². The first kappa shape index (κ1) is 30.0. The number of benzene rings is 3. The molecule has 0 saturated heterocycles. The number of halogens is 1. The lowest BCUT2D eigenvalue weighted by Crippen LogP contribution is -2.39. The number of nitrogens with zero attached hydrogens (tertiary/aromatic N) is 2. The molecule has 8 nitrogen and oxygen atoms in total. The molecule has 0 heterocycles. The number of rotatable bonds is 13. The Labute approximate surface area is 235 Å². The van der Waals surface area contributed by atoms with Crippen molar-refractivity contribution >= 4 is 39.5 Å². The maximum Gasteiger partial charge on any atom is 0.305 e. The number of hydrazone groups is 1. The standard InChI is InChI=1S/C29H34ClN3O5S/c1-4-37-29(34)14-9-22(3)33(39(35,36)28-8-6-5-7-27(28)30)25-17-21(2)18-26(19-25)38-16-15-23-10-12-24(13-11-23)20-32-31/h5-8,10-13,17-20,22H,4,9,14-16,31H2,1-3H3. The van der Waals surface area contributed by atoms with Crippen LogP contribution < -0.4 is 14.9 Å². The fourth-order valence-electron chi connectivity index (χ4n) is 4.15. The van der Waals surface area contributed by atoms with E-state index in [0.29, 0.717) is 24.5 Å². The number of nitrogens with two attached hydrogens (primary N) is 1. The highest BCUT2D eigenvalue weighted by Crippen LogP contribution is 2.34. The van der Waals surface area contributed by atoms with Gasteiger partial charge in [0.15, 0.2) is 0 Å². The Morgan fingerprint density at radius 1 is 1.13 bits per heavy atom. The zero-order valence-electron chi connectivity index (χ0n) is 22.3. The summed E-state index contributed by atoms with van der Waals surface area (Å²) in [4.78, 5) is 12.0. The molecule has 10 heteroatoms. The molecule has 0 aromatic heterocycles. The zero-order valence-corrected chi connectivity index (χ0v) is 23.9. The van der Waals surface area contributed by atoms with Gasteiger partial charge in [-0.15, -0.1) is 0 Å². The SMILES string of the molecule is CCOC(=O)CCC(C)N(c1cc(C)cc(OCCc2ccc(C=NN)cc2)c1)S(=O)(=O)c1ccccc1Cl. The van der Waals surface area contributed by atoms with Gasteiger partial charge in [-0.25, -0.2) is 8.42 Å². The maximum atomic E-state index is 13.9. The summed E-state index contributed by atoms with van der Waals surface area (Å²) in [5.41, 5.74) is 3.23. The highest BCUT2D eigenvalue weighted by molar-refractivity contribution is 7.93. The fraction of sp³-hybridized carbons (Fsp3) is 0.310. The quantitative estimate of drug-likeness (QED) is 0.126. The Hall–Kier alpha value is -3.56. The number of anilines is 1. The predicted octanol–water partition coefficient (Wildman–Crippen LogP) is 5.49. The summed E-state index contributed by atoms with van der Waals surface area (Å²) in [5.74, 6) is 5.36. The third kappa shape index (κ3) is 8.21. The van der Waals surface area contributed by atoms with Gasteiger partial charge in [-0.3, -0.25) is 9.10 Å². The molecule has 0 aliphatic rings. The van der Waals surface area contributed by atoms with Crippen LogP contribution in [0.15, 0.2) is 76.7 Å². The van der Waals surface area contributed by atoms with E-state index in [-0.39, 0.29) is 35.3 Å². The largest absolute Gasteiger partial charge is 0.493 e. The summed E-state index contributed by atoms with van der Waals surface area (Å²) in [6.45, 7) is 6.02. The van der Waals surface area contributed by atoms with Crippen molar-refractivity contribution < 1.29 is 22.7 Å². The third-order valence-electron chi connectivity index (χ3n) is 6.00. The summed E-state index contributed by atoms with van der Waals surface area (Å²) in [6, 6.07) is 18.9. The van der Waals surface area contributed by atoms with E-state index >= 15 is 0 Å². The molecule has 0 saturated carbocycles. The molecule has 0 bridgehead atoms. The van der Waals surface area contributed by atoms with Crippen LogP contribution in [0.1, 0.15) is 43.4 Å². The molecule has 39 heavy (non-hydrogen) atoms. The van der Waals surface area contributed by atoms with Crippen LogP contribution in [0, 0.1) is 6.92 Å². The lowest BCUT2D eigenvalue weighted by atomic mass is 10.1. The van der Waals surface area contributed by atoms with Gasteiger partial charge in [0.25, 0.3) is 10.0 Å². The Bertz CT molecular complexity index is 1390. The number of esters is 1. The van der Waals surface area contributed by atoms with Gasteiger partial charge in [0.1, 0.15) is 10.6 Å².